The quantitative estimate of drug-likeness (QED) is 0.411. The first kappa shape index (κ1) is 9.22. The van der Waals surface area contributed by atoms with E-state index in [1.807, 2.05) is 6.92 Å². The normalized spacial score (nSPS) is 9.90. The van der Waals surface area contributed by atoms with E-state index < -0.39 is 0 Å². The van der Waals surface area contributed by atoms with Gasteiger partial charge in [-0.2, -0.15) is 0 Å². The van der Waals surface area contributed by atoms with Crippen LogP contribution >= 0.6 is 0 Å². The van der Waals surface area contributed by atoms with E-state index in [0.29, 0.717) is 0 Å². The van der Waals surface area contributed by atoms with E-state index in [4.69, 9.17) is 0 Å². The van der Waals surface area contributed by atoms with Gasteiger partial charge in [0, 0.05) is 0 Å². The average Bonchev–Trinajstić information content (AvgIpc) is 1.79. The molecule has 0 aliphatic carbocycles. The molecular formula is C10H16. The summed E-state index contributed by atoms with van der Waals surface area (Å²) in [4.78, 5) is 0. The molecule has 0 fully saturated rings. The first-order chi connectivity index (χ1) is 4.63. The molecule has 0 aliphatic rings. The maximum Gasteiger partial charge on any atom is -0.0141 e. The Morgan fingerprint density at radius 1 is 1.30 bits per heavy atom. The van der Waals surface area contributed by atoms with Crippen molar-refractivity contribution in [2.45, 2.75) is 27.2 Å². The Labute approximate surface area is 64.0 Å². The monoisotopic (exact) mass is 136 g/mol. The fourth-order valence-electron chi connectivity index (χ4n) is 0.530. The van der Waals surface area contributed by atoms with Gasteiger partial charge in [0.05, 0.1) is 0 Å². The van der Waals surface area contributed by atoms with Gasteiger partial charge in [0.25, 0.3) is 0 Å². The Morgan fingerprint density at radius 3 is 2.30 bits per heavy atom. The van der Waals surface area contributed by atoms with Gasteiger partial charge >= 0.3 is 0 Å². The van der Waals surface area contributed by atoms with Crippen molar-refractivity contribution in [1.82, 2.24) is 0 Å². The predicted molar refractivity (Wildman–Crippen MR) is 48.0 cm³/mol. The Hall–Kier alpha value is -0.780. The molecule has 0 amide bonds. The Morgan fingerprint density at radius 2 is 1.90 bits per heavy atom. The molecular weight excluding hydrogens is 120 g/mol. The van der Waals surface area contributed by atoms with E-state index in [0.717, 1.165) is 6.42 Å². The van der Waals surface area contributed by atoms with Crippen molar-refractivity contribution < 1.29 is 0 Å². The molecule has 0 unspecified atom stereocenters. The van der Waals surface area contributed by atoms with Crippen molar-refractivity contribution in [3.8, 4) is 0 Å². The molecule has 0 nitrogen and oxygen atoms in total. The Kier molecular flexibility index (Phi) is 4.65. The van der Waals surface area contributed by atoms with Crippen LogP contribution in [0.3, 0.4) is 0 Å². The van der Waals surface area contributed by atoms with E-state index in [2.05, 4.69) is 38.7 Å². The molecule has 0 saturated heterocycles. The van der Waals surface area contributed by atoms with Crippen LogP contribution in [0.15, 0.2) is 36.0 Å². The molecule has 0 radical (unpaired) electrons. The van der Waals surface area contributed by atoms with Crippen molar-refractivity contribution in [2.75, 3.05) is 0 Å². The van der Waals surface area contributed by atoms with Crippen LogP contribution in [0.5, 0.6) is 0 Å². The van der Waals surface area contributed by atoms with Crippen LogP contribution in [-0.4, -0.2) is 0 Å². The molecule has 0 spiro atoms. The number of hydrogen-bond acceptors (Lipinski definition) is 0. The van der Waals surface area contributed by atoms with Crippen LogP contribution in [0.4, 0.5) is 0 Å². The van der Waals surface area contributed by atoms with Gasteiger partial charge in [0.2, 0.25) is 0 Å². The minimum absolute atomic E-state index is 0.990. The van der Waals surface area contributed by atoms with Gasteiger partial charge in [-0.15, -0.1) is 0 Å². The highest BCUT2D eigenvalue weighted by Gasteiger charge is 1.76. The molecule has 0 heteroatoms. The van der Waals surface area contributed by atoms with Gasteiger partial charge in [-0.25, -0.2) is 0 Å². The lowest BCUT2D eigenvalue weighted by molar-refractivity contribution is 1.22. The second kappa shape index (κ2) is 5.04. The molecule has 10 heavy (non-hydrogen) atoms. The van der Waals surface area contributed by atoms with Gasteiger partial charge < -0.3 is 0 Å². The van der Waals surface area contributed by atoms with E-state index in [9.17, 15) is 0 Å². The fourth-order valence-corrected chi connectivity index (χ4v) is 0.530. The molecule has 0 saturated carbocycles. The maximum atomic E-state index is 3.80. The van der Waals surface area contributed by atoms with E-state index in [-0.39, 0.29) is 0 Å². The summed E-state index contributed by atoms with van der Waals surface area (Å²) in [6, 6.07) is 0. The van der Waals surface area contributed by atoms with Crippen molar-refractivity contribution >= 4 is 0 Å². The van der Waals surface area contributed by atoms with Crippen LogP contribution in [0.1, 0.15) is 27.2 Å². The third kappa shape index (κ3) is 7.22. The second-order valence-corrected chi connectivity index (χ2v) is 2.83. The van der Waals surface area contributed by atoms with Gasteiger partial charge in [0.1, 0.15) is 0 Å². The lowest BCUT2D eigenvalue weighted by atomic mass is 10.2. The minimum Gasteiger partial charge on any atom is -0.0998 e. The highest BCUT2D eigenvalue weighted by molar-refractivity contribution is 5.10. The SMILES string of the molecule is C=C(C)C/C=C/C=C(C)C. The number of allylic oxidation sites excluding steroid dienone is 5. The summed E-state index contributed by atoms with van der Waals surface area (Å²) >= 11 is 0. The summed E-state index contributed by atoms with van der Waals surface area (Å²) in [5.41, 5.74) is 2.54. The van der Waals surface area contributed by atoms with Crippen LogP contribution in [0.2, 0.25) is 0 Å². The van der Waals surface area contributed by atoms with Crippen LogP contribution in [0.25, 0.3) is 0 Å². The largest absolute Gasteiger partial charge is 0.0998 e. The molecule has 0 aromatic carbocycles. The molecule has 0 aromatic heterocycles. The zero-order chi connectivity index (χ0) is 7.98. The zero-order valence-corrected chi connectivity index (χ0v) is 7.15. The summed E-state index contributed by atoms with van der Waals surface area (Å²) in [6.45, 7) is 10.0. The lowest BCUT2D eigenvalue weighted by Crippen LogP contribution is -1.66. The number of rotatable bonds is 3. The highest BCUT2D eigenvalue weighted by Crippen LogP contribution is 1.97. The van der Waals surface area contributed by atoms with Gasteiger partial charge in [-0.3, -0.25) is 0 Å². The molecule has 0 N–H and O–H groups in total. The summed E-state index contributed by atoms with van der Waals surface area (Å²) in [6.07, 6.45) is 7.28. The third-order valence-electron chi connectivity index (χ3n) is 1.03. The van der Waals surface area contributed by atoms with Crippen LogP contribution in [-0.2, 0) is 0 Å². The molecule has 0 rings (SSSR count). The Balaban J connectivity index is 3.58. The van der Waals surface area contributed by atoms with Crippen molar-refractivity contribution in [3.63, 3.8) is 0 Å². The van der Waals surface area contributed by atoms with Crippen molar-refractivity contribution in [1.29, 1.82) is 0 Å². The molecule has 0 heterocycles. The average molecular weight is 136 g/mol. The fraction of sp³-hybridized carbons (Fsp3) is 0.400. The third-order valence-corrected chi connectivity index (χ3v) is 1.03. The van der Waals surface area contributed by atoms with E-state index in [1.165, 1.54) is 11.1 Å². The van der Waals surface area contributed by atoms with E-state index in [1.54, 1.807) is 0 Å². The standard InChI is InChI=1S/C10H16/c1-9(2)7-5-6-8-10(3)4/h5-6,8H,1,7H2,2-4H3/b6-5+. The molecule has 0 aliphatic heterocycles. The molecule has 0 aromatic rings. The van der Waals surface area contributed by atoms with Gasteiger partial charge in [-0.05, 0) is 27.2 Å². The van der Waals surface area contributed by atoms with Crippen molar-refractivity contribution in [2.24, 2.45) is 0 Å². The highest BCUT2D eigenvalue weighted by atomic mass is 13.8. The van der Waals surface area contributed by atoms with Crippen molar-refractivity contribution in [3.05, 3.63) is 36.0 Å². The minimum atomic E-state index is 0.990. The van der Waals surface area contributed by atoms with Crippen LogP contribution < -0.4 is 0 Å². The summed E-state index contributed by atoms with van der Waals surface area (Å²) < 4.78 is 0. The molecule has 56 valence electrons. The first-order valence-corrected chi connectivity index (χ1v) is 3.57. The lowest BCUT2D eigenvalue weighted by Gasteiger charge is -1.87. The summed E-state index contributed by atoms with van der Waals surface area (Å²) in [7, 11) is 0. The smallest absolute Gasteiger partial charge is 0.0141 e. The Bertz CT molecular complexity index is 155. The summed E-state index contributed by atoms with van der Waals surface area (Å²) in [5.74, 6) is 0. The zero-order valence-electron chi connectivity index (χ0n) is 7.15. The van der Waals surface area contributed by atoms with Gasteiger partial charge in [0.15, 0.2) is 0 Å². The predicted octanol–water partition coefficient (Wildman–Crippen LogP) is 3.48. The maximum absolute atomic E-state index is 3.80. The molecule has 0 atom stereocenters. The second-order valence-electron chi connectivity index (χ2n) is 2.83. The topological polar surface area (TPSA) is 0 Å². The number of hydrogen-bond donors (Lipinski definition) is 0. The van der Waals surface area contributed by atoms with Crippen LogP contribution in [0, 0.1) is 0 Å². The van der Waals surface area contributed by atoms with Gasteiger partial charge in [-0.1, -0.05) is 36.0 Å². The van der Waals surface area contributed by atoms with E-state index >= 15 is 0 Å². The first-order valence-electron chi connectivity index (χ1n) is 3.57. The molecule has 0 bridgehead atoms. The summed E-state index contributed by atoms with van der Waals surface area (Å²) in [5, 5.41) is 0.